The zero-order chi connectivity index (χ0) is 19.3. The predicted molar refractivity (Wildman–Crippen MR) is 97.4 cm³/mol. The first-order valence-electron chi connectivity index (χ1n) is 8.45. The SMILES string of the molecule is COc1ccc(N2C(C)=C(C(C)=O)C(=O)C23OC(=O)c2ccccc23)cc1. The van der Waals surface area contributed by atoms with Gasteiger partial charge in [0.1, 0.15) is 5.75 Å². The molecule has 27 heavy (non-hydrogen) atoms. The second-order valence-electron chi connectivity index (χ2n) is 6.46. The van der Waals surface area contributed by atoms with Gasteiger partial charge in [0.2, 0.25) is 5.78 Å². The lowest BCUT2D eigenvalue weighted by atomic mass is 9.93. The molecule has 2 aromatic carbocycles. The summed E-state index contributed by atoms with van der Waals surface area (Å²) in [5.41, 5.74) is 0.154. The van der Waals surface area contributed by atoms with Crippen molar-refractivity contribution in [3.8, 4) is 5.75 Å². The van der Waals surface area contributed by atoms with E-state index in [9.17, 15) is 14.4 Å². The highest BCUT2D eigenvalue weighted by atomic mass is 16.6. The maximum absolute atomic E-state index is 13.4. The van der Waals surface area contributed by atoms with Gasteiger partial charge in [-0.05, 0) is 44.2 Å². The monoisotopic (exact) mass is 363 g/mol. The number of rotatable bonds is 3. The van der Waals surface area contributed by atoms with Crippen LogP contribution in [0.5, 0.6) is 5.75 Å². The fourth-order valence-corrected chi connectivity index (χ4v) is 3.84. The Bertz CT molecular complexity index is 1020. The molecule has 2 aliphatic heterocycles. The maximum atomic E-state index is 13.4. The van der Waals surface area contributed by atoms with Crippen molar-refractivity contribution < 1.29 is 23.9 Å². The fourth-order valence-electron chi connectivity index (χ4n) is 3.84. The number of benzene rings is 2. The first kappa shape index (κ1) is 17.0. The van der Waals surface area contributed by atoms with Crippen molar-refractivity contribution in [2.75, 3.05) is 12.0 Å². The van der Waals surface area contributed by atoms with E-state index in [0.29, 0.717) is 28.3 Å². The molecule has 0 N–H and O–H groups in total. The quantitative estimate of drug-likeness (QED) is 0.617. The molecule has 0 aliphatic carbocycles. The lowest BCUT2D eigenvalue weighted by Crippen LogP contribution is -2.47. The zero-order valence-electron chi connectivity index (χ0n) is 15.1. The first-order valence-corrected chi connectivity index (χ1v) is 8.45. The molecule has 1 atom stereocenters. The number of Topliss-reactive ketones (excluding diaryl/α,β-unsaturated/α-hetero) is 2. The third-order valence-corrected chi connectivity index (χ3v) is 4.98. The standard InChI is InChI=1S/C21H17NO5/c1-12-18(13(2)23)19(24)21(17-7-5-4-6-16(17)20(25)27-21)22(12)14-8-10-15(26-3)11-9-14/h4-11H,1-3H3. The number of anilines is 1. The summed E-state index contributed by atoms with van der Waals surface area (Å²) in [6.07, 6.45) is 0. The minimum atomic E-state index is -1.70. The molecule has 0 fully saturated rings. The number of methoxy groups -OCH3 is 1. The van der Waals surface area contributed by atoms with Crippen LogP contribution in [-0.4, -0.2) is 24.6 Å². The van der Waals surface area contributed by atoms with Gasteiger partial charge in [0, 0.05) is 16.9 Å². The summed E-state index contributed by atoms with van der Waals surface area (Å²) in [6.45, 7) is 3.02. The van der Waals surface area contributed by atoms with Gasteiger partial charge >= 0.3 is 5.97 Å². The number of hydrogen-bond acceptors (Lipinski definition) is 6. The molecular weight excluding hydrogens is 346 g/mol. The van der Waals surface area contributed by atoms with Crippen LogP contribution >= 0.6 is 0 Å². The van der Waals surface area contributed by atoms with Crippen LogP contribution in [0.2, 0.25) is 0 Å². The zero-order valence-corrected chi connectivity index (χ0v) is 15.1. The van der Waals surface area contributed by atoms with Crippen molar-refractivity contribution in [2.24, 2.45) is 0 Å². The number of ether oxygens (including phenoxy) is 2. The molecule has 0 bridgehead atoms. The Morgan fingerprint density at radius 1 is 1.07 bits per heavy atom. The van der Waals surface area contributed by atoms with E-state index in [2.05, 4.69) is 0 Å². The molecule has 0 radical (unpaired) electrons. The highest BCUT2D eigenvalue weighted by molar-refractivity contribution is 6.28. The third kappa shape index (κ3) is 2.16. The van der Waals surface area contributed by atoms with Crippen molar-refractivity contribution in [3.05, 3.63) is 70.9 Å². The smallest absolute Gasteiger partial charge is 0.341 e. The maximum Gasteiger partial charge on any atom is 0.341 e. The number of hydrogen-bond donors (Lipinski definition) is 0. The number of ketones is 2. The van der Waals surface area contributed by atoms with Gasteiger partial charge in [-0.25, -0.2) is 4.79 Å². The average Bonchev–Trinajstić information content (AvgIpc) is 3.07. The molecule has 0 saturated heterocycles. The minimum absolute atomic E-state index is 0.0373. The molecule has 136 valence electrons. The third-order valence-electron chi connectivity index (χ3n) is 4.98. The van der Waals surface area contributed by atoms with E-state index in [1.54, 1.807) is 67.5 Å². The fraction of sp³-hybridized carbons (Fsp3) is 0.190. The van der Waals surface area contributed by atoms with E-state index >= 15 is 0 Å². The molecule has 0 saturated carbocycles. The van der Waals surface area contributed by atoms with Gasteiger partial charge in [-0.15, -0.1) is 0 Å². The summed E-state index contributed by atoms with van der Waals surface area (Å²) in [5.74, 6) is -0.833. The number of fused-ring (bicyclic) bond motifs is 2. The van der Waals surface area contributed by atoms with Gasteiger partial charge in [-0.2, -0.15) is 0 Å². The van der Waals surface area contributed by atoms with Crippen molar-refractivity contribution in [1.29, 1.82) is 0 Å². The predicted octanol–water partition coefficient (Wildman–Crippen LogP) is 2.97. The molecule has 1 unspecified atom stereocenters. The Morgan fingerprint density at radius 2 is 1.74 bits per heavy atom. The number of esters is 1. The molecule has 6 heteroatoms. The van der Waals surface area contributed by atoms with Crippen LogP contribution in [0.1, 0.15) is 29.8 Å². The van der Waals surface area contributed by atoms with E-state index in [1.165, 1.54) is 6.92 Å². The Labute approximate surface area is 156 Å². The van der Waals surface area contributed by atoms with Crippen molar-refractivity contribution in [2.45, 2.75) is 19.6 Å². The van der Waals surface area contributed by atoms with Gasteiger partial charge in [0.15, 0.2) is 5.78 Å². The van der Waals surface area contributed by atoms with E-state index in [-0.39, 0.29) is 11.4 Å². The van der Waals surface area contributed by atoms with Crippen LogP contribution < -0.4 is 9.64 Å². The summed E-state index contributed by atoms with van der Waals surface area (Å²) in [4.78, 5) is 39.7. The minimum Gasteiger partial charge on any atom is -0.497 e. The second-order valence-corrected chi connectivity index (χ2v) is 6.46. The Kier molecular flexibility index (Phi) is 3.66. The summed E-state index contributed by atoms with van der Waals surface area (Å²) in [6, 6.07) is 13.8. The van der Waals surface area contributed by atoms with Gasteiger partial charge in [-0.3, -0.25) is 14.5 Å². The van der Waals surface area contributed by atoms with E-state index in [4.69, 9.17) is 9.47 Å². The second kappa shape index (κ2) is 5.81. The largest absolute Gasteiger partial charge is 0.497 e. The van der Waals surface area contributed by atoms with Crippen LogP contribution in [0.25, 0.3) is 0 Å². The van der Waals surface area contributed by atoms with E-state index in [1.807, 2.05) is 0 Å². The molecule has 6 nitrogen and oxygen atoms in total. The average molecular weight is 363 g/mol. The van der Waals surface area contributed by atoms with Gasteiger partial charge in [-0.1, -0.05) is 18.2 Å². The Balaban J connectivity index is 1.99. The van der Waals surface area contributed by atoms with Gasteiger partial charge in [0.25, 0.3) is 5.72 Å². The van der Waals surface area contributed by atoms with Gasteiger partial charge < -0.3 is 9.47 Å². The van der Waals surface area contributed by atoms with Crippen molar-refractivity contribution in [3.63, 3.8) is 0 Å². The Morgan fingerprint density at radius 3 is 2.37 bits per heavy atom. The molecular formula is C21H17NO5. The van der Waals surface area contributed by atoms with Crippen LogP contribution in [0.15, 0.2) is 59.8 Å². The molecule has 2 aliphatic rings. The molecule has 2 heterocycles. The highest BCUT2D eigenvalue weighted by Crippen LogP contribution is 2.50. The highest BCUT2D eigenvalue weighted by Gasteiger charge is 2.62. The first-order chi connectivity index (χ1) is 12.9. The molecule has 0 amide bonds. The normalized spacial score (nSPS) is 20.9. The number of carbonyl (C=O) groups excluding carboxylic acids is 3. The topological polar surface area (TPSA) is 72.9 Å². The Hall–Kier alpha value is -3.41. The van der Waals surface area contributed by atoms with Gasteiger partial charge in [0.05, 0.1) is 18.2 Å². The number of allylic oxidation sites excluding steroid dienone is 1. The molecule has 1 spiro atoms. The summed E-state index contributed by atoms with van der Waals surface area (Å²) in [5, 5.41) is 0. The van der Waals surface area contributed by atoms with Crippen LogP contribution in [0, 0.1) is 0 Å². The number of carbonyl (C=O) groups is 3. The molecule has 0 aromatic heterocycles. The van der Waals surface area contributed by atoms with E-state index < -0.39 is 17.5 Å². The summed E-state index contributed by atoms with van der Waals surface area (Å²) in [7, 11) is 1.56. The summed E-state index contributed by atoms with van der Waals surface area (Å²) < 4.78 is 10.9. The van der Waals surface area contributed by atoms with E-state index in [0.717, 1.165) is 0 Å². The van der Waals surface area contributed by atoms with Crippen LogP contribution in [0.4, 0.5) is 5.69 Å². The lowest BCUT2D eigenvalue weighted by molar-refractivity contribution is -0.133. The lowest BCUT2D eigenvalue weighted by Gasteiger charge is -2.35. The van der Waals surface area contributed by atoms with Crippen molar-refractivity contribution in [1.82, 2.24) is 0 Å². The van der Waals surface area contributed by atoms with Crippen LogP contribution in [-0.2, 0) is 20.1 Å². The van der Waals surface area contributed by atoms with Crippen molar-refractivity contribution >= 4 is 23.2 Å². The number of nitrogens with zero attached hydrogens (tertiary/aromatic N) is 1. The van der Waals surface area contributed by atoms with Crippen LogP contribution in [0.3, 0.4) is 0 Å². The summed E-state index contributed by atoms with van der Waals surface area (Å²) >= 11 is 0. The molecule has 4 rings (SSSR count). The molecule has 2 aromatic rings.